The second kappa shape index (κ2) is 9.96. The van der Waals surface area contributed by atoms with E-state index in [0.717, 1.165) is 30.4 Å². The molecule has 0 N–H and O–H groups in total. The van der Waals surface area contributed by atoms with Crippen LogP contribution in [0.3, 0.4) is 0 Å². The number of aldehydes is 1. The van der Waals surface area contributed by atoms with Crippen LogP contribution >= 0.6 is 0 Å². The molecule has 0 radical (unpaired) electrons. The number of hydrogen-bond acceptors (Lipinski definition) is 4. The van der Waals surface area contributed by atoms with Crippen molar-refractivity contribution in [2.75, 3.05) is 20.2 Å². The van der Waals surface area contributed by atoms with E-state index in [4.69, 9.17) is 9.47 Å². The molecule has 0 spiro atoms. The number of carbonyl (C=O) groups excluding carboxylic acids is 2. The van der Waals surface area contributed by atoms with Gasteiger partial charge in [0.2, 0.25) is 0 Å². The number of carbonyl (C=O) groups is 2. The van der Waals surface area contributed by atoms with Crippen LogP contribution in [0, 0.1) is 0 Å². The van der Waals surface area contributed by atoms with Crippen molar-refractivity contribution in [3.8, 4) is 5.75 Å². The number of benzene rings is 1. The Morgan fingerprint density at radius 1 is 1.17 bits per heavy atom. The van der Waals surface area contributed by atoms with Crippen molar-refractivity contribution in [3.63, 3.8) is 0 Å². The third-order valence-electron chi connectivity index (χ3n) is 3.50. The first-order valence-corrected chi connectivity index (χ1v) is 8.41. The van der Waals surface area contributed by atoms with Crippen molar-refractivity contribution in [1.29, 1.82) is 0 Å². The fourth-order valence-corrected chi connectivity index (χ4v) is 2.32. The Kier molecular flexibility index (Phi) is 8.30. The summed E-state index contributed by atoms with van der Waals surface area (Å²) in [6.07, 6.45) is 3.36. The van der Waals surface area contributed by atoms with Crippen molar-refractivity contribution in [3.05, 3.63) is 29.8 Å². The lowest BCUT2D eigenvalue weighted by molar-refractivity contribution is -0.107. The molecule has 0 atom stereocenters. The molecule has 0 bridgehead atoms. The molecule has 24 heavy (non-hydrogen) atoms. The van der Waals surface area contributed by atoms with E-state index in [0.29, 0.717) is 25.9 Å². The highest BCUT2D eigenvalue weighted by Gasteiger charge is 2.22. The van der Waals surface area contributed by atoms with Gasteiger partial charge in [-0.2, -0.15) is 0 Å². The Bertz CT molecular complexity index is 522. The third-order valence-corrected chi connectivity index (χ3v) is 3.50. The fraction of sp³-hybridized carbons (Fsp3) is 0.579. The standard InChI is InChI=1S/C19H29NO4/c1-19(2,3)24-18(22)20(13-8-5-9-15-21)14-12-16-10-6-7-11-17(16)23-4/h6-7,10-11,15H,5,8-9,12-14H2,1-4H3. The average Bonchev–Trinajstić information content (AvgIpc) is 2.52. The van der Waals surface area contributed by atoms with Gasteiger partial charge < -0.3 is 19.2 Å². The number of hydrogen-bond donors (Lipinski definition) is 0. The van der Waals surface area contributed by atoms with Crippen molar-refractivity contribution in [1.82, 2.24) is 4.90 Å². The Balaban J connectivity index is 2.69. The van der Waals surface area contributed by atoms with Gasteiger partial charge in [0.25, 0.3) is 0 Å². The van der Waals surface area contributed by atoms with Crippen LogP contribution in [0.4, 0.5) is 4.79 Å². The number of amides is 1. The lowest BCUT2D eigenvalue weighted by atomic mass is 10.1. The van der Waals surface area contributed by atoms with Crippen LogP contribution in [0.2, 0.25) is 0 Å². The highest BCUT2D eigenvalue weighted by Crippen LogP contribution is 2.19. The molecule has 1 rings (SSSR count). The first-order valence-electron chi connectivity index (χ1n) is 8.41. The molecule has 0 heterocycles. The molecular weight excluding hydrogens is 306 g/mol. The average molecular weight is 335 g/mol. The topological polar surface area (TPSA) is 55.8 Å². The first kappa shape index (κ1) is 20.0. The van der Waals surface area contributed by atoms with E-state index in [1.54, 1.807) is 12.0 Å². The van der Waals surface area contributed by atoms with Gasteiger partial charge in [-0.05, 0) is 51.7 Å². The minimum absolute atomic E-state index is 0.316. The number of nitrogens with zero attached hydrogens (tertiary/aromatic N) is 1. The predicted octanol–water partition coefficient (Wildman–Crippen LogP) is 3.84. The Labute approximate surface area is 144 Å². The summed E-state index contributed by atoms with van der Waals surface area (Å²) in [6, 6.07) is 7.79. The Hall–Kier alpha value is -2.04. The molecule has 1 aromatic carbocycles. The van der Waals surface area contributed by atoms with Crippen molar-refractivity contribution < 1.29 is 19.1 Å². The minimum atomic E-state index is -0.525. The quantitative estimate of drug-likeness (QED) is 0.508. The zero-order chi connectivity index (χ0) is 18.0. The molecule has 1 amide bonds. The maximum absolute atomic E-state index is 12.4. The molecule has 0 aliphatic rings. The summed E-state index contributed by atoms with van der Waals surface area (Å²) >= 11 is 0. The van der Waals surface area contributed by atoms with E-state index in [2.05, 4.69) is 0 Å². The molecule has 134 valence electrons. The van der Waals surface area contributed by atoms with Gasteiger partial charge >= 0.3 is 6.09 Å². The Morgan fingerprint density at radius 3 is 2.50 bits per heavy atom. The van der Waals surface area contributed by atoms with Crippen LogP contribution < -0.4 is 4.74 Å². The summed E-state index contributed by atoms with van der Waals surface area (Å²) < 4.78 is 10.8. The lowest BCUT2D eigenvalue weighted by Crippen LogP contribution is -2.38. The molecule has 0 saturated heterocycles. The smallest absolute Gasteiger partial charge is 0.410 e. The van der Waals surface area contributed by atoms with E-state index in [1.165, 1.54) is 0 Å². The fourth-order valence-electron chi connectivity index (χ4n) is 2.32. The van der Waals surface area contributed by atoms with Crippen LogP contribution in [0.1, 0.15) is 45.6 Å². The van der Waals surface area contributed by atoms with Crippen molar-refractivity contribution in [2.24, 2.45) is 0 Å². The van der Waals surface area contributed by atoms with Crippen molar-refractivity contribution in [2.45, 2.75) is 52.1 Å². The summed E-state index contributed by atoms with van der Waals surface area (Å²) in [7, 11) is 1.64. The SMILES string of the molecule is COc1ccccc1CCN(CCCCC=O)C(=O)OC(C)(C)C. The van der Waals surface area contributed by atoms with Crippen LogP contribution in [-0.2, 0) is 16.0 Å². The Morgan fingerprint density at radius 2 is 1.88 bits per heavy atom. The second-order valence-corrected chi connectivity index (χ2v) is 6.69. The molecule has 5 heteroatoms. The van der Waals surface area contributed by atoms with E-state index in [1.807, 2.05) is 45.0 Å². The van der Waals surface area contributed by atoms with Crippen LogP contribution in [0.15, 0.2) is 24.3 Å². The number of ether oxygens (including phenoxy) is 2. The van der Waals surface area contributed by atoms with Gasteiger partial charge in [-0.1, -0.05) is 18.2 Å². The molecule has 0 aliphatic heterocycles. The van der Waals surface area contributed by atoms with E-state index < -0.39 is 5.60 Å². The molecule has 0 unspecified atom stereocenters. The van der Waals surface area contributed by atoms with E-state index in [9.17, 15) is 9.59 Å². The normalized spacial score (nSPS) is 11.0. The number of unbranched alkanes of at least 4 members (excludes halogenated alkanes) is 2. The van der Waals surface area contributed by atoms with Gasteiger partial charge in [-0.3, -0.25) is 0 Å². The summed E-state index contributed by atoms with van der Waals surface area (Å²) in [4.78, 5) is 24.5. The number of methoxy groups -OCH3 is 1. The van der Waals surface area contributed by atoms with Gasteiger partial charge in [-0.25, -0.2) is 4.79 Å². The zero-order valence-corrected chi connectivity index (χ0v) is 15.2. The van der Waals surface area contributed by atoms with Gasteiger partial charge in [0.05, 0.1) is 7.11 Å². The van der Waals surface area contributed by atoms with Gasteiger partial charge in [0.1, 0.15) is 17.6 Å². The van der Waals surface area contributed by atoms with Gasteiger partial charge in [-0.15, -0.1) is 0 Å². The third kappa shape index (κ3) is 7.49. The van der Waals surface area contributed by atoms with Gasteiger partial charge in [0, 0.05) is 19.5 Å². The number of rotatable bonds is 9. The highest BCUT2D eigenvalue weighted by atomic mass is 16.6. The second-order valence-electron chi connectivity index (χ2n) is 6.69. The van der Waals surface area contributed by atoms with Crippen LogP contribution in [-0.4, -0.2) is 43.1 Å². The summed E-state index contributed by atoms with van der Waals surface area (Å²) in [5.41, 5.74) is 0.532. The van der Waals surface area contributed by atoms with Gasteiger partial charge in [0.15, 0.2) is 0 Å². The number of para-hydroxylation sites is 1. The largest absolute Gasteiger partial charge is 0.496 e. The maximum atomic E-state index is 12.4. The molecule has 0 aromatic heterocycles. The maximum Gasteiger partial charge on any atom is 0.410 e. The van der Waals surface area contributed by atoms with Crippen LogP contribution in [0.5, 0.6) is 5.75 Å². The summed E-state index contributed by atoms with van der Waals surface area (Å²) in [6.45, 7) is 6.70. The monoisotopic (exact) mass is 335 g/mol. The first-order chi connectivity index (χ1) is 11.4. The van der Waals surface area contributed by atoms with E-state index in [-0.39, 0.29) is 6.09 Å². The molecule has 1 aromatic rings. The summed E-state index contributed by atoms with van der Waals surface area (Å²) in [5.74, 6) is 0.822. The summed E-state index contributed by atoms with van der Waals surface area (Å²) in [5, 5.41) is 0. The molecule has 5 nitrogen and oxygen atoms in total. The van der Waals surface area contributed by atoms with Crippen LogP contribution in [0.25, 0.3) is 0 Å². The predicted molar refractivity (Wildman–Crippen MR) is 94.4 cm³/mol. The van der Waals surface area contributed by atoms with Crippen molar-refractivity contribution >= 4 is 12.4 Å². The van der Waals surface area contributed by atoms with E-state index >= 15 is 0 Å². The zero-order valence-electron chi connectivity index (χ0n) is 15.2. The molecular formula is C19H29NO4. The lowest BCUT2D eigenvalue weighted by Gasteiger charge is -2.27. The molecule has 0 fully saturated rings. The molecule has 0 saturated carbocycles. The highest BCUT2D eigenvalue weighted by molar-refractivity contribution is 5.68. The molecule has 0 aliphatic carbocycles. The minimum Gasteiger partial charge on any atom is -0.496 e.